The molecule has 0 amide bonds. The monoisotopic (exact) mass is 248 g/mol. The predicted octanol–water partition coefficient (Wildman–Crippen LogP) is 3.37. The van der Waals surface area contributed by atoms with Crippen molar-refractivity contribution >= 4 is 22.9 Å². The van der Waals surface area contributed by atoms with Crippen LogP contribution in [-0.2, 0) is 0 Å². The number of benzene rings is 1. The molecular formula is C14H20N2S. The van der Waals surface area contributed by atoms with E-state index in [9.17, 15) is 0 Å². The summed E-state index contributed by atoms with van der Waals surface area (Å²) < 4.78 is 0. The van der Waals surface area contributed by atoms with E-state index in [2.05, 4.69) is 24.4 Å². The van der Waals surface area contributed by atoms with Crippen LogP contribution >= 0.6 is 12.2 Å². The summed E-state index contributed by atoms with van der Waals surface area (Å²) in [6, 6.07) is 6.80. The minimum absolute atomic E-state index is 0.475. The molecule has 3 N–H and O–H groups in total. The molecule has 0 bridgehead atoms. The summed E-state index contributed by atoms with van der Waals surface area (Å²) in [5.74, 6) is 0. The highest BCUT2D eigenvalue weighted by atomic mass is 32.1. The summed E-state index contributed by atoms with van der Waals surface area (Å²) in [5, 5.41) is 3.60. The van der Waals surface area contributed by atoms with Crippen LogP contribution in [0.2, 0.25) is 0 Å². The number of aryl methyl sites for hydroxylation is 1. The largest absolute Gasteiger partial charge is 0.389 e. The second-order valence-electron chi connectivity index (χ2n) is 4.89. The van der Waals surface area contributed by atoms with Gasteiger partial charge < -0.3 is 11.1 Å². The molecular weight excluding hydrogens is 228 g/mol. The highest BCUT2D eigenvalue weighted by molar-refractivity contribution is 7.80. The van der Waals surface area contributed by atoms with Gasteiger partial charge in [0.05, 0.1) is 0 Å². The van der Waals surface area contributed by atoms with Gasteiger partial charge in [-0.1, -0.05) is 37.5 Å². The van der Waals surface area contributed by atoms with Crippen LogP contribution in [0.1, 0.15) is 43.2 Å². The Bertz CT molecular complexity index is 409. The molecule has 1 saturated carbocycles. The first-order valence-electron chi connectivity index (χ1n) is 6.34. The normalized spacial score (nSPS) is 16.8. The minimum Gasteiger partial charge on any atom is -0.389 e. The average Bonchev–Trinajstić information content (AvgIpc) is 2.30. The average molecular weight is 248 g/mol. The van der Waals surface area contributed by atoms with Crippen LogP contribution in [0, 0.1) is 6.92 Å². The van der Waals surface area contributed by atoms with Gasteiger partial charge in [0.2, 0.25) is 0 Å². The summed E-state index contributed by atoms with van der Waals surface area (Å²) in [5.41, 5.74) is 9.07. The molecule has 0 unspecified atom stereocenters. The Hall–Kier alpha value is -1.09. The van der Waals surface area contributed by atoms with E-state index in [0.29, 0.717) is 11.0 Å². The van der Waals surface area contributed by atoms with Gasteiger partial charge >= 0.3 is 0 Å². The number of nitrogens with two attached hydrogens (primary N) is 1. The Labute approximate surface area is 109 Å². The van der Waals surface area contributed by atoms with Crippen LogP contribution in [0.4, 0.5) is 5.69 Å². The fourth-order valence-corrected chi connectivity index (χ4v) is 2.64. The Morgan fingerprint density at radius 1 is 1.29 bits per heavy atom. The van der Waals surface area contributed by atoms with Gasteiger partial charge in [0.1, 0.15) is 4.99 Å². The lowest BCUT2D eigenvalue weighted by molar-refractivity contribution is 0.462. The van der Waals surface area contributed by atoms with Crippen molar-refractivity contribution in [2.75, 3.05) is 5.32 Å². The van der Waals surface area contributed by atoms with E-state index in [-0.39, 0.29) is 0 Å². The molecule has 1 aromatic carbocycles. The van der Waals surface area contributed by atoms with Gasteiger partial charge in [0.15, 0.2) is 0 Å². The fourth-order valence-electron chi connectivity index (χ4n) is 2.46. The van der Waals surface area contributed by atoms with E-state index < -0.39 is 0 Å². The van der Waals surface area contributed by atoms with Crippen LogP contribution in [-0.4, -0.2) is 11.0 Å². The van der Waals surface area contributed by atoms with Gasteiger partial charge in [-0.15, -0.1) is 0 Å². The molecule has 1 aliphatic carbocycles. The van der Waals surface area contributed by atoms with Crippen LogP contribution in [0.5, 0.6) is 0 Å². The summed E-state index contributed by atoms with van der Waals surface area (Å²) >= 11 is 5.10. The van der Waals surface area contributed by atoms with Crippen molar-refractivity contribution in [1.82, 2.24) is 0 Å². The molecule has 0 aliphatic heterocycles. The zero-order chi connectivity index (χ0) is 12.3. The van der Waals surface area contributed by atoms with Gasteiger partial charge in [-0.2, -0.15) is 0 Å². The molecule has 3 heteroatoms. The van der Waals surface area contributed by atoms with Crippen LogP contribution in [0.25, 0.3) is 0 Å². The molecule has 1 fully saturated rings. The third-order valence-electron chi connectivity index (χ3n) is 3.41. The second-order valence-corrected chi connectivity index (χ2v) is 5.33. The Morgan fingerprint density at radius 3 is 2.65 bits per heavy atom. The fraction of sp³-hybridized carbons (Fsp3) is 0.500. The maximum Gasteiger partial charge on any atom is 0.106 e. The molecule has 2 nitrogen and oxygen atoms in total. The Kier molecular flexibility index (Phi) is 4.00. The van der Waals surface area contributed by atoms with E-state index in [1.165, 1.54) is 37.7 Å². The quantitative estimate of drug-likeness (QED) is 0.805. The van der Waals surface area contributed by atoms with Crippen molar-refractivity contribution in [3.8, 4) is 0 Å². The Morgan fingerprint density at radius 2 is 2.00 bits per heavy atom. The van der Waals surface area contributed by atoms with Crippen LogP contribution in [0.3, 0.4) is 0 Å². The van der Waals surface area contributed by atoms with E-state index >= 15 is 0 Å². The summed E-state index contributed by atoms with van der Waals surface area (Å²) in [6.07, 6.45) is 6.53. The SMILES string of the molecule is Cc1ccc(C(N)=S)c(NC2CCCCC2)c1. The van der Waals surface area contributed by atoms with Crippen molar-refractivity contribution in [3.05, 3.63) is 29.3 Å². The highest BCUT2D eigenvalue weighted by Crippen LogP contribution is 2.24. The lowest BCUT2D eigenvalue weighted by Crippen LogP contribution is -2.24. The Balaban J connectivity index is 2.17. The number of hydrogen-bond donors (Lipinski definition) is 2. The van der Waals surface area contributed by atoms with Crippen molar-refractivity contribution in [1.29, 1.82) is 0 Å². The van der Waals surface area contributed by atoms with Gasteiger partial charge in [-0.25, -0.2) is 0 Å². The lowest BCUT2D eigenvalue weighted by Gasteiger charge is -2.25. The van der Waals surface area contributed by atoms with E-state index in [4.69, 9.17) is 18.0 Å². The third-order valence-corrected chi connectivity index (χ3v) is 3.63. The molecule has 0 heterocycles. The van der Waals surface area contributed by atoms with Crippen LogP contribution in [0.15, 0.2) is 18.2 Å². The van der Waals surface area contributed by atoms with Crippen LogP contribution < -0.4 is 11.1 Å². The predicted molar refractivity (Wildman–Crippen MR) is 77.6 cm³/mol. The van der Waals surface area contributed by atoms with E-state index in [1.54, 1.807) is 0 Å². The zero-order valence-corrected chi connectivity index (χ0v) is 11.1. The topological polar surface area (TPSA) is 38.0 Å². The molecule has 0 spiro atoms. The standard InChI is InChI=1S/C14H20N2S/c1-10-7-8-12(14(15)17)13(9-10)16-11-5-3-2-4-6-11/h7-9,11,16H,2-6H2,1H3,(H2,15,17). The van der Waals surface area contributed by atoms with Gasteiger partial charge in [0, 0.05) is 17.3 Å². The molecule has 1 aromatic rings. The number of thiocarbonyl (C=S) groups is 1. The number of rotatable bonds is 3. The molecule has 1 aliphatic rings. The minimum atomic E-state index is 0.475. The first-order chi connectivity index (χ1) is 8.16. The smallest absolute Gasteiger partial charge is 0.106 e. The van der Waals surface area contributed by atoms with Crippen molar-refractivity contribution in [2.45, 2.75) is 45.1 Å². The zero-order valence-electron chi connectivity index (χ0n) is 10.3. The van der Waals surface area contributed by atoms with Crippen molar-refractivity contribution in [2.24, 2.45) is 5.73 Å². The highest BCUT2D eigenvalue weighted by Gasteiger charge is 2.15. The maximum absolute atomic E-state index is 5.76. The van der Waals surface area contributed by atoms with Crippen molar-refractivity contribution < 1.29 is 0 Å². The molecule has 17 heavy (non-hydrogen) atoms. The molecule has 0 radical (unpaired) electrons. The molecule has 0 saturated heterocycles. The summed E-state index contributed by atoms with van der Waals surface area (Å²) in [4.78, 5) is 0.475. The molecule has 92 valence electrons. The van der Waals surface area contributed by atoms with Crippen molar-refractivity contribution in [3.63, 3.8) is 0 Å². The van der Waals surface area contributed by atoms with E-state index in [0.717, 1.165) is 11.3 Å². The first kappa shape index (κ1) is 12.4. The van der Waals surface area contributed by atoms with Gasteiger partial charge in [-0.3, -0.25) is 0 Å². The second kappa shape index (κ2) is 5.50. The third kappa shape index (κ3) is 3.19. The first-order valence-corrected chi connectivity index (χ1v) is 6.74. The lowest BCUT2D eigenvalue weighted by atomic mass is 9.95. The molecule has 0 aromatic heterocycles. The van der Waals surface area contributed by atoms with E-state index in [1.807, 2.05) is 6.07 Å². The number of nitrogens with one attached hydrogen (secondary N) is 1. The maximum atomic E-state index is 5.76. The molecule has 2 rings (SSSR count). The summed E-state index contributed by atoms with van der Waals surface area (Å²) in [7, 11) is 0. The number of hydrogen-bond acceptors (Lipinski definition) is 2. The number of anilines is 1. The van der Waals surface area contributed by atoms with Gasteiger partial charge in [0.25, 0.3) is 0 Å². The molecule has 0 atom stereocenters. The summed E-state index contributed by atoms with van der Waals surface area (Å²) in [6.45, 7) is 2.09. The van der Waals surface area contributed by atoms with Gasteiger partial charge in [-0.05, 0) is 37.5 Å².